The molecule has 0 aromatic heterocycles. The summed E-state index contributed by atoms with van der Waals surface area (Å²) >= 11 is 0. The molecular formula is C18H23FN2O3. The average Bonchev–Trinajstić information content (AvgIpc) is 2.98. The Labute approximate surface area is 141 Å². The van der Waals surface area contributed by atoms with Gasteiger partial charge in [-0.15, -0.1) is 0 Å². The van der Waals surface area contributed by atoms with E-state index >= 15 is 0 Å². The Morgan fingerprint density at radius 2 is 1.92 bits per heavy atom. The van der Waals surface area contributed by atoms with Crippen LogP contribution in [0.1, 0.15) is 27.9 Å². The summed E-state index contributed by atoms with van der Waals surface area (Å²) in [6, 6.07) is 4.78. The van der Waals surface area contributed by atoms with E-state index in [1.165, 1.54) is 4.90 Å². The molecule has 0 saturated carbocycles. The van der Waals surface area contributed by atoms with E-state index in [2.05, 4.69) is 0 Å². The third-order valence-electron chi connectivity index (χ3n) is 4.95. The number of halogens is 1. The Morgan fingerprint density at radius 3 is 2.62 bits per heavy atom. The number of carbonyl (C=O) groups excluding carboxylic acids is 2. The predicted octanol–water partition coefficient (Wildman–Crippen LogP) is 1.71. The molecule has 0 unspecified atom stereocenters. The molecule has 0 bridgehead atoms. The van der Waals surface area contributed by atoms with Crippen molar-refractivity contribution in [3.63, 3.8) is 0 Å². The first-order chi connectivity index (χ1) is 11.5. The molecule has 2 aliphatic rings. The van der Waals surface area contributed by atoms with Gasteiger partial charge >= 0.3 is 0 Å². The van der Waals surface area contributed by atoms with Crippen LogP contribution in [0.25, 0.3) is 0 Å². The van der Waals surface area contributed by atoms with Gasteiger partial charge in [-0.2, -0.15) is 0 Å². The molecule has 3 rings (SSSR count). The van der Waals surface area contributed by atoms with Gasteiger partial charge in [-0.05, 0) is 31.0 Å². The highest BCUT2D eigenvalue weighted by Crippen LogP contribution is 2.26. The second-order valence-corrected chi connectivity index (χ2v) is 6.49. The minimum Gasteiger partial charge on any atom is -0.378 e. The number of nitrogens with zero attached hydrogens (tertiary/aromatic N) is 2. The lowest BCUT2D eigenvalue weighted by atomic mass is 10.0. The Bertz CT molecular complexity index is 643. The smallest absolute Gasteiger partial charge is 0.254 e. The van der Waals surface area contributed by atoms with E-state index < -0.39 is 12.2 Å². The minimum atomic E-state index is -1.16. The second kappa shape index (κ2) is 6.89. The maximum atomic E-state index is 14.0. The Morgan fingerprint density at radius 1 is 1.21 bits per heavy atom. The van der Waals surface area contributed by atoms with Crippen LogP contribution < -0.4 is 0 Å². The summed E-state index contributed by atoms with van der Waals surface area (Å²) in [6.07, 6.45) is -1.08. The predicted molar refractivity (Wildman–Crippen MR) is 87.7 cm³/mol. The van der Waals surface area contributed by atoms with Crippen LogP contribution in [0.2, 0.25) is 0 Å². The largest absolute Gasteiger partial charge is 0.378 e. The number of carbonyl (C=O) groups is 2. The molecule has 2 amide bonds. The molecule has 1 aromatic rings. The molecule has 2 fully saturated rings. The number of morpholine rings is 1. The molecule has 2 saturated heterocycles. The van der Waals surface area contributed by atoms with E-state index in [4.69, 9.17) is 4.74 Å². The van der Waals surface area contributed by atoms with Crippen LogP contribution in [0.3, 0.4) is 0 Å². The zero-order chi connectivity index (χ0) is 17.3. The molecule has 24 heavy (non-hydrogen) atoms. The van der Waals surface area contributed by atoms with Crippen LogP contribution in [0, 0.1) is 13.8 Å². The first kappa shape index (κ1) is 16.9. The topological polar surface area (TPSA) is 49.9 Å². The second-order valence-electron chi connectivity index (χ2n) is 6.49. The van der Waals surface area contributed by atoms with Crippen LogP contribution in [0.15, 0.2) is 18.2 Å². The van der Waals surface area contributed by atoms with Gasteiger partial charge in [0, 0.05) is 25.1 Å². The maximum Gasteiger partial charge on any atom is 0.254 e. The van der Waals surface area contributed by atoms with Crippen molar-refractivity contribution in [3.05, 3.63) is 34.9 Å². The summed E-state index contributed by atoms with van der Waals surface area (Å²) in [6.45, 7) is 5.77. The molecule has 2 atom stereocenters. The van der Waals surface area contributed by atoms with Crippen LogP contribution >= 0.6 is 0 Å². The monoisotopic (exact) mass is 334 g/mol. The highest BCUT2D eigenvalue weighted by molar-refractivity contribution is 5.99. The lowest BCUT2D eigenvalue weighted by Gasteiger charge is -2.32. The number of amides is 2. The fraction of sp³-hybridized carbons (Fsp3) is 0.556. The van der Waals surface area contributed by atoms with Crippen molar-refractivity contribution in [2.75, 3.05) is 32.8 Å². The van der Waals surface area contributed by atoms with Gasteiger partial charge in [-0.25, -0.2) is 4.39 Å². The standard InChI is InChI=1S/C18H23FN2O3/c1-12-4-3-5-15(13(12)2)17(22)21-11-14(19)10-16(21)18(23)20-6-8-24-9-7-20/h3-5,14,16H,6-11H2,1-2H3/t14-,16+/m1/s1. The molecule has 1 aromatic carbocycles. The van der Waals surface area contributed by atoms with E-state index in [0.717, 1.165) is 11.1 Å². The van der Waals surface area contributed by atoms with Gasteiger partial charge in [0.1, 0.15) is 12.2 Å². The van der Waals surface area contributed by atoms with Gasteiger partial charge in [0.25, 0.3) is 5.91 Å². The first-order valence-corrected chi connectivity index (χ1v) is 8.37. The third-order valence-corrected chi connectivity index (χ3v) is 4.95. The SMILES string of the molecule is Cc1cccc(C(=O)N2C[C@H](F)C[C@H]2C(=O)N2CCOCC2)c1C. The molecule has 6 heteroatoms. The van der Waals surface area contributed by atoms with E-state index in [1.807, 2.05) is 26.0 Å². The van der Waals surface area contributed by atoms with E-state index in [0.29, 0.717) is 31.9 Å². The quantitative estimate of drug-likeness (QED) is 0.827. The molecule has 0 aliphatic carbocycles. The number of hydrogen-bond donors (Lipinski definition) is 0. The van der Waals surface area contributed by atoms with Crippen molar-refractivity contribution < 1.29 is 18.7 Å². The van der Waals surface area contributed by atoms with Gasteiger partial charge < -0.3 is 14.5 Å². The van der Waals surface area contributed by atoms with Crippen molar-refractivity contribution in [1.29, 1.82) is 0 Å². The highest BCUT2D eigenvalue weighted by atomic mass is 19.1. The fourth-order valence-electron chi connectivity index (χ4n) is 3.38. The van der Waals surface area contributed by atoms with E-state index in [1.54, 1.807) is 11.0 Å². The van der Waals surface area contributed by atoms with Gasteiger partial charge in [-0.3, -0.25) is 9.59 Å². The molecule has 2 heterocycles. The average molecular weight is 334 g/mol. The molecular weight excluding hydrogens is 311 g/mol. The zero-order valence-electron chi connectivity index (χ0n) is 14.1. The molecule has 130 valence electrons. The third kappa shape index (κ3) is 3.15. The summed E-state index contributed by atoms with van der Waals surface area (Å²) < 4.78 is 19.3. The summed E-state index contributed by atoms with van der Waals surface area (Å²) in [7, 11) is 0. The summed E-state index contributed by atoms with van der Waals surface area (Å²) in [4.78, 5) is 28.8. The molecule has 5 nitrogen and oxygen atoms in total. The number of likely N-dealkylation sites (tertiary alicyclic amines) is 1. The van der Waals surface area contributed by atoms with E-state index in [9.17, 15) is 14.0 Å². The number of rotatable bonds is 2. The van der Waals surface area contributed by atoms with Crippen molar-refractivity contribution in [2.24, 2.45) is 0 Å². The summed E-state index contributed by atoms with van der Waals surface area (Å²) in [5.74, 6) is -0.430. The van der Waals surface area contributed by atoms with Crippen molar-refractivity contribution in [2.45, 2.75) is 32.5 Å². The molecule has 0 radical (unpaired) electrons. The maximum absolute atomic E-state index is 14.0. The number of alkyl halides is 1. The Kier molecular flexibility index (Phi) is 4.85. The van der Waals surface area contributed by atoms with Crippen LogP contribution in [0.5, 0.6) is 0 Å². The van der Waals surface area contributed by atoms with Gasteiger partial charge in [-0.1, -0.05) is 12.1 Å². The van der Waals surface area contributed by atoms with Crippen molar-refractivity contribution in [1.82, 2.24) is 9.80 Å². The summed E-state index contributed by atoms with van der Waals surface area (Å²) in [5, 5.41) is 0. The van der Waals surface area contributed by atoms with Crippen molar-refractivity contribution in [3.8, 4) is 0 Å². The van der Waals surface area contributed by atoms with Crippen LogP contribution in [-0.4, -0.2) is 66.7 Å². The number of ether oxygens (including phenoxy) is 1. The lowest BCUT2D eigenvalue weighted by Crippen LogP contribution is -2.51. The normalized spacial score (nSPS) is 24.3. The van der Waals surface area contributed by atoms with Gasteiger partial charge in [0.2, 0.25) is 5.91 Å². The molecule has 0 spiro atoms. The number of benzene rings is 1. The fourth-order valence-corrected chi connectivity index (χ4v) is 3.38. The number of hydrogen-bond acceptors (Lipinski definition) is 3. The lowest BCUT2D eigenvalue weighted by molar-refractivity contribution is -0.139. The highest BCUT2D eigenvalue weighted by Gasteiger charge is 2.42. The first-order valence-electron chi connectivity index (χ1n) is 8.37. The Hall–Kier alpha value is -1.95. The molecule has 2 aliphatic heterocycles. The van der Waals surface area contributed by atoms with E-state index in [-0.39, 0.29) is 24.8 Å². The molecule has 0 N–H and O–H groups in total. The van der Waals surface area contributed by atoms with Gasteiger partial charge in [0.05, 0.1) is 19.8 Å². The van der Waals surface area contributed by atoms with Crippen LogP contribution in [-0.2, 0) is 9.53 Å². The summed E-state index contributed by atoms with van der Waals surface area (Å²) in [5.41, 5.74) is 2.43. The minimum absolute atomic E-state index is 0.0209. The Balaban J connectivity index is 1.83. The van der Waals surface area contributed by atoms with Crippen molar-refractivity contribution >= 4 is 11.8 Å². The zero-order valence-corrected chi connectivity index (χ0v) is 14.1. The van der Waals surface area contributed by atoms with Crippen LogP contribution in [0.4, 0.5) is 4.39 Å². The van der Waals surface area contributed by atoms with Gasteiger partial charge in [0.15, 0.2) is 0 Å². The number of aryl methyl sites for hydroxylation is 1.